The molecule has 0 radical (unpaired) electrons. The smallest absolute Gasteiger partial charge is 0.308 e. The van der Waals surface area contributed by atoms with E-state index in [1.165, 1.54) is 0 Å². The third-order valence-corrected chi connectivity index (χ3v) is 3.75. The second-order valence-corrected chi connectivity index (χ2v) is 5.06. The summed E-state index contributed by atoms with van der Waals surface area (Å²) in [7, 11) is 1.86. The molecule has 1 aromatic heterocycles. The van der Waals surface area contributed by atoms with Crippen molar-refractivity contribution in [1.82, 2.24) is 14.5 Å². The first kappa shape index (κ1) is 12.4. The number of imidazole rings is 1. The van der Waals surface area contributed by atoms with Crippen molar-refractivity contribution in [1.29, 1.82) is 0 Å². The van der Waals surface area contributed by atoms with Crippen LogP contribution in [-0.4, -0.2) is 38.6 Å². The van der Waals surface area contributed by atoms with E-state index in [1.54, 1.807) is 6.20 Å². The second-order valence-electron chi connectivity index (χ2n) is 4.67. The monoisotopic (exact) mass is 257 g/mol. The van der Waals surface area contributed by atoms with E-state index in [0.717, 1.165) is 12.4 Å². The molecule has 94 valence electrons. The van der Waals surface area contributed by atoms with Gasteiger partial charge in [0.15, 0.2) is 0 Å². The molecule has 0 aliphatic carbocycles. The zero-order valence-electron chi connectivity index (χ0n) is 9.93. The minimum Gasteiger partial charge on any atom is -0.481 e. The van der Waals surface area contributed by atoms with Crippen molar-refractivity contribution in [3.63, 3.8) is 0 Å². The normalized spacial score (nSPS) is 25.4. The molecule has 1 N–H and O–H groups in total. The van der Waals surface area contributed by atoms with Crippen LogP contribution in [0.15, 0.2) is 6.20 Å². The highest BCUT2D eigenvalue weighted by atomic mass is 35.5. The summed E-state index contributed by atoms with van der Waals surface area (Å²) in [5, 5.41) is 9.66. The van der Waals surface area contributed by atoms with E-state index in [1.807, 2.05) is 18.5 Å². The van der Waals surface area contributed by atoms with Crippen LogP contribution in [0.1, 0.15) is 12.7 Å². The maximum atomic E-state index is 11.0. The number of hydrogen-bond donors (Lipinski definition) is 1. The summed E-state index contributed by atoms with van der Waals surface area (Å²) in [6.07, 6.45) is 1.62. The molecule has 0 spiro atoms. The fraction of sp³-hybridized carbons (Fsp3) is 0.636. The van der Waals surface area contributed by atoms with Gasteiger partial charge in [0.05, 0.1) is 18.7 Å². The summed E-state index contributed by atoms with van der Waals surface area (Å²) in [5.74, 6) is 0.0695. The largest absolute Gasteiger partial charge is 0.481 e. The number of aliphatic carboxylic acids is 1. The third-order valence-electron chi connectivity index (χ3n) is 3.40. The summed E-state index contributed by atoms with van der Waals surface area (Å²) in [4.78, 5) is 17.3. The summed E-state index contributed by atoms with van der Waals surface area (Å²) in [6.45, 7) is 4.00. The minimum absolute atomic E-state index is 0.184. The van der Waals surface area contributed by atoms with Crippen molar-refractivity contribution in [2.75, 3.05) is 13.1 Å². The first-order valence-corrected chi connectivity index (χ1v) is 5.98. The molecule has 2 rings (SSSR count). The molecule has 2 atom stereocenters. The number of likely N-dealkylation sites (tertiary alicyclic amines) is 1. The Labute approximate surface area is 105 Å². The van der Waals surface area contributed by atoms with Crippen LogP contribution in [0.3, 0.4) is 0 Å². The molecule has 1 aromatic rings. The fourth-order valence-electron chi connectivity index (χ4n) is 2.29. The predicted octanol–water partition coefficient (Wildman–Crippen LogP) is 1.23. The average molecular weight is 258 g/mol. The van der Waals surface area contributed by atoms with Crippen LogP contribution >= 0.6 is 11.6 Å². The Morgan fingerprint density at radius 1 is 1.65 bits per heavy atom. The van der Waals surface area contributed by atoms with E-state index in [9.17, 15) is 4.79 Å². The van der Waals surface area contributed by atoms with Gasteiger partial charge in [-0.3, -0.25) is 9.69 Å². The quantitative estimate of drug-likeness (QED) is 0.885. The van der Waals surface area contributed by atoms with E-state index in [-0.39, 0.29) is 11.8 Å². The molecule has 17 heavy (non-hydrogen) atoms. The fourth-order valence-corrected chi connectivity index (χ4v) is 2.44. The van der Waals surface area contributed by atoms with Gasteiger partial charge in [-0.05, 0) is 5.92 Å². The van der Waals surface area contributed by atoms with Gasteiger partial charge in [-0.15, -0.1) is 0 Å². The Morgan fingerprint density at radius 3 is 2.82 bits per heavy atom. The number of carboxylic acid groups (broad SMARTS) is 1. The number of hydrogen-bond acceptors (Lipinski definition) is 3. The first-order chi connectivity index (χ1) is 7.99. The molecule has 1 aliphatic heterocycles. The van der Waals surface area contributed by atoms with Crippen LogP contribution in [0.5, 0.6) is 0 Å². The van der Waals surface area contributed by atoms with E-state index >= 15 is 0 Å². The molecule has 0 unspecified atom stereocenters. The molecule has 1 fully saturated rings. The molecule has 0 bridgehead atoms. The lowest BCUT2D eigenvalue weighted by molar-refractivity contribution is -0.142. The van der Waals surface area contributed by atoms with Gasteiger partial charge in [0.2, 0.25) is 0 Å². The number of carboxylic acids is 1. The van der Waals surface area contributed by atoms with Crippen molar-refractivity contribution in [2.45, 2.75) is 13.5 Å². The summed E-state index contributed by atoms with van der Waals surface area (Å²) in [5.41, 5.74) is 0. The van der Waals surface area contributed by atoms with Gasteiger partial charge in [0.1, 0.15) is 11.0 Å². The third kappa shape index (κ3) is 2.45. The minimum atomic E-state index is -0.710. The Hall–Kier alpha value is -1.07. The maximum Gasteiger partial charge on any atom is 0.308 e. The molecular formula is C11H16ClN3O2. The molecule has 2 heterocycles. The van der Waals surface area contributed by atoms with Gasteiger partial charge in [0, 0.05) is 20.1 Å². The standard InChI is InChI=1S/C11H16ClN3O2/c1-7-4-15(5-8(7)11(16)17)6-10-13-3-9(12)14(10)2/h3,7-8H,4-6H2,1-2H3,(H,16,17)/t7-,8-/m1/s1. The molecular weight excluding hydrogens is 242 g/mol. The first-order valence-electron chi connectivity index (χ1n) is 5.60. The topological polar surface area (TPSA) is 58.4 Å². The molecule has 0 amide bonds. The number of carbonyl (C=O) groups is 1. The molecule has 5 nitrogen and oxygen atoms in total. The summed E-state index contributed by atoms with van der Waals surface area (Å²) >= 11 is 5.91. The van der Waals surface area contributed by atoms with Crippen LogP contribution in [-0.2, 0) is 18.4 Å². The van der Waals surface area contributed by atoms with Gasteiger partial charge in [-0.1, -0.05) is 18.5 Å². The van der Waals surface area contributed by atoms with Crippen LogP contribution in [0.25, 0.3) is 0 Å². The Morgan fingerprint density at radius 2 is 2.35 bits per heavy atom. The highest BCUT2D eigenvalue weighted by Crippen LogP contribution is 2.24. The van der Waals surface area contributed by atoms with Gasteiger partial charge >= 0.3 is 5.97 Å². The van der Waals surface area contributed by atoms with Crippen LogP contribution in [0.2, 0.25) is 5.15 Å². The number of aromatic nitrogens is 2. The van der Waals surface area contributed by atoms with E-state index < -0.39 is 5.97 Å². The molecule has 0 saturated carbocycles. The molecule has 1 aliphatic rings. The van der Waals surface area contributed by atoms with Gasteiger partial charge in [-0.25, -0.2) is 4.98 Å². The van der Waals surface area contributed by atoms with Gasteiger partial charge < -0.3 is 9.67 Å². The second kappa shape index (κ2) is 4.66. The van der Waals surface area contributed by atoms with Crippen molar-refractivity contribution >= 4 is 17.6 Å². The SMILES string of the molecule is C[C@@H]1CN(Cc2ncc(Cl)n2C)C[C@H]1C(=O)O. The summed E-state index contributed by atoms with van der Waals surface area (Å²) in [6, 6.07) is 0. The molecule has 1 saturated heterocycles. The lowest BCUT2D eigenvalue weighted by Crippen LogP contribution is -2.24. The van der Waals surface area contributed by atoms with Crippen LogP contribution in [0, 0.1) is 11.8 Å². The molecule has 0 aromatic carbocycles. The highest BCUT2D eigenvalue weighted by Gasteiger charge is 2.34. The Kier molecular flexibility index (Phi) is 3.40. The zero-order valence-corrected chi connectivity index (χ0v) is 10.7. The molecule has 6 heteroatoms. The Balaban J connectivity index is 2.02. The van der Waals surface area contributed by atoms with E-state index in [4.69, 9.17) is 16.7 Å². The Bertz CT molecular complexity index is 432. The lowest BCUT2D eigenvalue weighted by Gasteiger charge is -2.14. The highest BCUT2D eigenvalue weighted by molar-refractivity contribution is 6.29. The van der Waals surface area contributed by atoms with Crippen molar-refractivity contribution in [2.24, 2.45) is 18.9 Å². The van der Waals surface area contributed by atoms with Crippen LogP contribution < -0.4 is 0 Å². The van der Waals surface area contributed by atoms with Crippen LogP contribution in [0.4, 0.5) is 0 Å². The van der Waals surface area contributed by atoms with E-state index in [2.05, 4.69) is 9.88 Å². The number of nitrogens with zero attached hydrogens (tertiary/aromatic N) is 3. The average Bonchev–Trinajstić information content (AvgIpc) is 2.76. The number of halogens is 1. The van der Waals surface area contributed by atoms with Gasteiger partial charge in [0.25, 0.3) is 0 Å². The van der Waals surface area contributed by atoms with Gasteiger partial charge in [-0.2, -0.15) is 0 Å². The van der Waals surface area contributed by atoms with Crippen molar-refractivity contribution < 1.29 is 9.90 Å². The predicted molar refractivity (Wildman–Crippen MR) is 63.8 cm³/mol. The van der Waals surface area contributed by atoms with Crippen molar-refractivity contribution in [3.05, 3.63) is 17.2 Å². The lowest BCUT2D eigenvalue weighted by atomic mass is 9.99. The maximum absolute atomic E-state index is 11.0. The van der Waals surface area contributed by atoms with Crippen molar-refractivity contribution in [3.8, 4) is 0 Å². The number of rotatable bonds is 3. The summed E-state index contributed by atoms with van der Waals surface area (Å²) < 4.78 is 1.82. The van der Waals surface area contributed by atoms with E-state index in [0.29, 0.717) is 18.2 Å². The zero-order chi connectivity index (χ0) is 12.6.